The zero-order valence-electron chi connectivity index (χ0n) is 15.2. The van der Waals surface area contributed by atoms with Gasteiger partial charge in [-0.1, -0.05) is 11.6 Å². The Balaban J connectivity index is 1.99. The van der Waals surface area contributed by atoms with E-state index in [1.54, 1.807) is 30.3 Å². The first-order valence-electron chi connectivity index (χ1n) is 8.05. The van der Waals surface area contributed by atoms with E-state index in [2.05, 4.69) is 0 Å². The number of aryl methyl sites for hydroxylation is 2. The van der Waals surface area contributed by atoms with Gasteiger partial charge in [-0.3, -0.25) is 4.79 Å². The summed E-state index contributed by atoms with van der Waals surface area (Å²) in [7, 11) is 1.52. The van der Waals surface area contributed by atoms with Crippen molar-refractivity contribution in [1.29, 1.82) is 0 Å². The summed E-state index contributed by atoms with van der Waals surface area (Å²) in [5.41, 5.74) is 2.84. The summed E-state index contributed by atoms with van der Waals surface area (Å²) in [6, 6.07) is 8.54. The molecule has 2 aromatic rings. The number of rotatable bonds is 7. The Morgan fingerprint density at radius 2 is 1.73 bits per heavy atom. The van der Waals surface area contributed by atoms with Crippen LogP contribution in [-0.4, -0.2) is 25.5 Å². The summed E-state index contributed by atoms with van der Waals surface area (Å²) in [5, 5.41) is 0.618. The fraction of sp³-hybridized carbons (Fsp3) is 0.300. The maximum atomic E-state index is 12.0. The first kappa shape index (κ1) is 19.8. The van der Waals surface area contributed by atoms with E-state index in [1.165, 1.54) is 14.0 Å². The average Bonchev–Trinajstić information content (AvgIpc) is 2.58. The number of hydrogen-bond acceptors (Lipinski definition) is 5. The van der Waals surface area contributed by atoms with E-state index in [9.17, 15) is 9.59 Å². The molecule has 0 aliphatic rings. The van der Waals surface area contributed by atoms with Crippen molar-refractivity contribution in [2.24, 2.45) is 0 Å². The average molecular weight is 377 g/mol. The molecule has 0 saturated heterocycles. The number of hydrogen-bond donors (Lipinski definition) is 0. The molecule has 0 saturated carbocycles. The number of ketones is 1. The molecular weight excluding hydrogens is 356 g/mol. The second kappa shape index (κ2) is 8.72. The molecule has 0 aliphatic carbocycles. The zero-order chi connectivity index (χ0) is 19.3. The van der Waals surface area contributed by atoms with Gasteiger partial charge < -0.3 is 14.2 Å². The van der Waals surface area contributed by atoms with Gasteiger partial charge in [0.2, 0.25) is 0 Å². The molecule has 0 fully saturated rings. The van der Waals surface area contributed by atoms with Crippen molar-refractivity contribution in [3.05, 3.63) is 57.6 Å². The Hall–Kier alpha value is -2.53. The lowest BCUT2D eigenvalue weighted by atomic mass is 10.1. The van der Waals surface area contributed by atoms with Crippen molar-refractivity contribution in [2.45, 2.75) is 27.4 Å². The third kappa shape index (κ3) is 4.99. The van der Waals surface area contributed by atoms with E-state index in [0.717, 1.165) is 11.1 Å². The van der Waals surface area contributed by atoms with Gasteiger partial charge in [-0.25, -0.2) is 4.79 Å². The summed E-state index contributed by atoms with van der Waals surface area (Å²) < 4.78 is 16.1. The van der Waals surface area contributed by atoms with Crippen molar-refractivity contribution in [2.75, 3.05) is 13.7 Å². The summed E-state index contributed by atoms with van der Waals surface area (Å²) >= 11 is 5.98. The van der Waals surface area contributed by atoms with Crippen LogP contribution in [0.2, 0.25) is 5.02 Å². The fourth-order valence-electron chi connectivity index (χ4n) is 2.57. The first-order chi connectivity index (χ1) is 12.3. The summed E-state index contributed by atoms with van der Waals surface area (Å²) in [6.07, 6.45) is 0. The highest BCUT2D eigenvalue weighted by atomic mass is 35.5. The molecule has 138 valence electrons. The molecule has 6 heteroatoms. The van der Waals surface area contributed by atoms with Crippen molar-refractivity contribution >= 4 is 23.4 Å². The Bertz CT molecular complexity index is 806. The van der Waals surface area contributed by atoms with Crippen molar-refractivity contribution < 1.29 is 23.8 Å². The van der Waals surface area contributed by atoms with Crippen LogP contribution in [-0.2, 0) is 16.1 Å². The molecule has 0 N–H and O–H groups in total. The van der Waals surface area contributed by atoms with Gasteiger partial charge in [-0.2, -0.15) is 0 Å². The lowest BCUT2D eigenvalue weighted by Gasteiger charge is -2.13. The number of benzene rings is 2. The van der Waals surface area contributed by atoms with E-state index >= 15 is 0 Å². The minimum Gasteiger partial charge on any atom is -0.496 e. The maximum absolute atomic E-state index is 12.0. The second-order valence-corrected chi connectivity index (χ2v) is 6.34. The molecule has 26 heavy (non-hydrogen) atoms. The zero-order valence-corrected chi connectivity index (χ0v) is 16.0. The van der Waals surface area contributed by atoms with Gasteiger partial charge in [0.15, 0.2) is 12.4 Å². The monoisotopic (exact) mass is 376 g/mol. The lowest BCUT2D eigenvalue weighted by molar-refractivity contribution is -0.147. The van der Waals surface area contributed by atoms with E-state index in [1.807, 2.05) is 13.8 Å². The van der Waals surface area contributed by atoms with Crippen LogP contribution in [0.3, 0.4) is 0 Å². The van der Waals surface area contributed by atoms with Gasteiger partial charge in [0.1, 0.15) is 18.1 Å². The SMILES string of the molecule is COc1ccc(C(C)=O)cc1COC(=O)COc1c(C)cc(Cl)cc1C. The van der Waals surface area contributed by atoms with Crippen LogP contribution in [0.5, 0.6) is 11.5 Å². The molecule has 5 nitrogen and oxygen atoms in total. The van der Waals surface area contributed by atoms with Gasteiger partial charge in [-0.15, -0.1) is 0 Å². The Morgan fingerprint density at radius 1 is 1.08 bits per heavy atom. The van der Waals surface area contributed by atoms with Gasteiger partial charge in [0.05, 0.1) is 7.11 Å². The molecule has 0 amide bonds. The van der Waals surface area contributed by atoms with Gasteiger partial charge in [0.25, 0.3) is 0 Å². The number of carbonyl (C=O) groups is 2. The summed E-state index contributed by atoms with van der Waals surface area (Å²) in [6.45, 7) is 4.96. The number of esters is 1. The molecule has 0 aromatic heterocycles. The molecule has 0 atom stereocenters. The van der Waals surface area contributed by atoms with Crippen LogP contribution in [0, 0.1) is 13.8 Å². The van der Waals surface area contributed by atoms with Crippen LogP contribution >= 0.6 is 11.6 Å². The molecule has 0 spiro atoms. The molecule has 2 aromatic carbocycles. The molecule has 0 aliphatic heterocycles. The highest BCUT2D eigenvalue weighted by molar-refractivity contribution is 6.30. The van der Waals surface area contributed by atoms with E-state index in [-0.39, 0.29) is 19.0 Å². The van der Waals surface area contributed by atoms with Crippen molar-refractivity contribution in [3.8, 4) is 11.5 Å². The summed E-state index contributed by atoms with van der Waals surface area (Å²) in [5.74, 6) is 0.571. The van der Waals surface area contributed by atoms with Crippen LogP contribution in [0.25, 0.3) is 0 Å². The number of Topliss-reactive ketones (excluding diaryl/α,β-unsaturated/α-hetero) is 1. The smallest absolute Gasteiger partial charge is 0.344 e. The highest BCUT2D eigenvalue weighted by Gasteiger charge is 2.12. The molecule has 0 bridgehead atoms. The van der Waals surface area contributed by atoms with E-state index < -0.39 is 5.97 Å². The highest BCUT2D eigenvalue weighted by Crippen LogP contribution is 2.27. The van der Waals surface area contributed by atoms with Crippen LogP contribution < -0.4 is 9.47 Å². The van der Waals surface area contributed by atoms with Gasteiger partial charge in [-0.05, 0) is 62.2 Å². The Kier molecular flexibility index (Phi) is 6.64. The lowest BCUT2D eigenvalue weighted by Crippen LogP contribution is -2.16. The number of methoxy groups -OCH3 is 1. The van der Waals surface area contributed by atoms with Crippen LogP contribution in [0.1, 0.15) is 34.0 Å². The van der Waals surface area contributed by atoms with Gasteiger partial charge in [0, 0.05) is 16.1 Å². The topological polar surface area (TPSA) is 61.8 Å². The summed E-state index contributed by atoms with van der Waals surface area (Å²) in [4.78, 5) is 23.5. The number of halogens is 1. The van der Waals surface area contributed by atoms with Crippen LogP contribution in [0.4, 0.5) is 0 Å². The number of carbonyl (C=O) groups excluding carboxylic acids is 2. The minimum atomic E-state index is -0.519. The third-order valence-electron chi connectivity index (χ3n) is 3.84. The van der Waals surface area contributed by atoms with E-state index in [0.29, 0.717) is 27.6 Å². The molecule has 0 heterocycles. The predicted octanol–water partition coefficient (Wildman–Crippen LogP) is 4.29. The molecule has 2 rings (SSSR count). The normalized spacial score (nSPS) is 10.3. The fourth-order valence-corrected chi connectivity index (χ4v) is 2.89. The van der Waals surface area contributed by atoms with Crippen LogP contribution in [0.15, 0.2) is 30.3 Å². The van der Waals surface area contributed by atoms with Crippen molar-refractivity contribution in [1.82, 2.24) is 0 Å². The molecular formula is C20H21ClO5. The Labute approximate surface area is 157 Å². The standard InChI is InChI=1S/C20H21ClO5/c1-12-7-17(21)8-13(2)20(12)26-11-19(23)25-10-16-9-15(14(3)22)5-6-18(16)24-4/h5-9H,10-11H2,1-4H3. The van der Waals surface area contributed by atoms with E-state index in [4.69, 9.17) is 25.8 Å². The number of ether oxygens (including phenoxy) is 3. The van der Waals surface area contributed by atoms with Gasteiger partial charge >= 0.3 is 5.97 Å². The van der Waals surface area contributed by atoms with Crippen molar-refractivity contribution in [3.63, 3.8) is 0 Å². The predicted molar refractivity (Wildman–Crippen MR) is 99.2 cm³/mol. The Morgan fingerprint density at radius 3 is 2.31 bits per heavy atom. The molecule has 0 radical (unpaired) electrons. The molecule has 0 unspecified atom stereocenters. The largest absolute Gasteiger partial charge is 0.496 e. The third-order valence-corrected chi connectivity index (χ3v) is 4.05. The minimum absolute atomic E-state index is 0.00886. The quantitative estimate of drug-likeness (QED) is 0.533. The maximum Gasteiger partial charge on any atom is 0.344 e. The first-order valence-corrected chi connectivity index (χ1v) is 8.42. The second-order valence-electron chi connectivity index (χ2n) is 5.90.